The van der Waals surface area contributed by atoms with E-state index in [0.717, 1.165) is 12.0 Å². The molecule has 2 aliphatic heterocycles. The van der Waals surface area contributed by atoms with Crippen molar-refractivity contribution in [1.82, 2.24) is 9.80 Å². The van der Waals surface area contributed by atoms with Gasteiger partial charge in [0, 0.05) is 19.1 Å². The van der Waals surface area contributed by atoms with Gasteiger partial charge in [-0.05, 0) is 39.4 Å². The summed E-state index contributed by atoms with van der Waals surface area (Å²) < 4.78 is 0. The van der Waals surface area contributed by atoms with Gasteiger partial charge in [0.2, 0.25) is 0 Å². The second-order valence-corrected chi connectivity index (χ2v) is 4.17. The second kappa shape index (κ2) is 2.76. The third kappa shape index (κ3) is 1.30. The lowest BCUT2D eigenvalue weighted by atomic mass is 9.93. The summed E-state index contributed by atoms with van der Waals surface area (Å²) in [6.07, 6.45) is 2.87. The van der Waals surface area contributed by atoms with E-state index in [4.69, 9.17) is 0 Å². The normalized spacial score (nSPS) is 40.9. The molecule has 0 bridgehead atoms. The van der Waals surface area contributed by atoms with Crippen LogP contribution in [0.2, 0.25) is 0 Å². The number of hydrogen-bond acceptors (Lipinski definition) is 2. The number of likely N-dealkylation sites (tertiary alicyclic amines) is 2. The van der Waals surface area contributed by atoms with E-state index in [1.54, 1.807) is 0 Å². The minimum absolute atomic E-state index is 0.869. The highest BCUT2D eigenvalue weighted by Gasteiger charge is 2.35. The monoisotopic (exact) mass is 154 g/mol. The van der Waals surface area contributed by atoms with Crippen molar-refractivity contribution in [1.29, 1.82) is 0 Å². The Morgan fingerprint density at radius 3 is 2.73 bits per heavy atom. The smallest absolute Gasteiger partial charge is 0.0260 e. The van der Waals surface area contributed by atoms with Gasteiger partial charge >= 0.3 is 0 Å². The van der Waals surface area contributed by atoms with Crippen molar-refractivity contribution in [2.24, 2.45) is 5.92 Å². The maximum absolute atomic E-state index is 2.54. The molecule has 0 saturated carbocycles. The first kappa shape index (κ1) is 7.56. The number of nitrogens with zero attached hydrogens (tertiary/aromatic N) is 2. The lowest BCUT2D eigenvalue weighted by Gasteiger charge is -2.33. The molecule has 2 heteroatoms. The van der Waals surface area contributed by atoms with Crippen LogP contribution < -0.4 is 0 Å². The number of hydrogen-bond donors (Lipinski definition) is 0. The van der Waals surface area contributed by atoms with Crippen LogP contribution in [0.4, 0.5) is 0 Å². The van der Waals surface area contributed by atoms with E-state index in [1.807, 2.05) is 0 Å². The molecule has 0 amide bonds. The third-order valence-electron chi connectivity index (χ3n) is 3.24. The third-order valence-corrected chi connectivity index (χ3v) is 3.24. The molecule has 2 fully saturated rings. The first-order valence-electron chi connectivity index (χ1n) is 4.66. The van der Waals surface area contributed by atoms with E-state index >= 15 is 0 Å². The predicted octanol–water partition coefficient (Wildman–Crippen LogP) is 0.642. The molecular weight excluding hydrogens is 136 g/mol. The summed E-state index contributed by atoms with van der Waals surface area (Å²) in [5, 5.41) is 0. The number of rotatable bonds is 0. The average Bonchev–Trinajstić information content (AvgIpc) is 2.31. The Kier molecular flexibility index (Phi) is 1.90. The lowest BCUT2D eigenvalue weighted by Crippen LogP contribution is -2.42. The van der Waals surface area contributed by atoms with Crippen LogP contribution in [0, 0.1) is 5.92 Å². The second-order valence-electron chi connectivity index (χ2n) is 4.17. The molecule has 0 N–H and O–H groups in total. The van der Waals surface area contributed by atoms with Crippen LogP contribution in [-0.2, 0) is 0 Å². The molecule has 64 valence electrons. The topological polar surface area (TPSA) is 6.48 Å². The quantitative estimate of drug-likeness (QED) is 0.505. The van der Waals surface area contributed by atoms with E-state index in [1.165, 1.54) is 32.5 Å². The summed E-state index contributed by atoms with van der Waals surface area (Å²) in [5.41, 5.74) is 0. The molecule has 0 aromatic carbocycles. The van der Waals surface area contributed by atoms with Gasteiger partial charge in [0.15, 0.2) is 0 Å². The Labute approximate surface area is 69.2 Å². The zero-order valence-electron chi connectivity index (χ0n) is 7.58. The molecule has 2 atom stereocenters. The Bertz CT molecular complexity index is 146. The minimum Gasteiger partial charge on any atom is -0.304 e. The van der Waals surface area contributed by atoms with Gasteiger partial charge in [0.05, 0.1) is 0 Å². The summed E-state index contributed by atoms with van der Waals surface area (Å²) in [6.45, 7) is 3.94. The summed E-state index contributed by atoms with van der Waals surface area (Å²) in [4.78, 5) is 5.01. The van der Waals surface area contributed by atoms with Gasteiger partial charge in [0.1, 0.15) is 0 Å². The van der Waals surface area contributed by atoms with Gasteiger partial charge in [-0.15, -0.1) is 0 Å². The Morgan fingerprint density at radius 2 is 2.00 bits per heavy atom. The van der Waals surface area contributed by atoms with Gasteiger partial charge in [-0.1, -0.05) is 0 Å². The van der Waals surface area contributed by atoms with Crippen LogP contribution in [0.5, 0.6) is 0 Å². The van der Waals surface area contributed by atoms with Crippen LogP contribution >= 0.6 is 0 Å². The van der Waals surface area contributed by atoms with Crippen LogP contribution in [0.25, 0.3) is 0 Å². The first-order valence-corrected chi connectivity index (χ1v) is 4.66. The molecule has 2 nitrogen and oxygen atoms in total. The van der Waals surface area contributed by atoms with Crippen molar-refractivity contribution >= 4 is 0 Å². The van der Waals surface area contributed by atoms with Crippen LogP contribution in [-0.4, -0.2) is 49.6 Å². The fourth-order valence-corrected chi connectivity index (χ4v) is 2.62. The standard InChI is InChI=1S/C9H18N2/c1-10-6-8-4-3-5-11(2)9(8)7-10/h8-9H,3-7H2,1-2H3. The lowest BCUT2D eigenvalue weighted by molar-refractivity contribution is 0.157. The van der Waals surface area contributed by atoms with E-state index in [0.29, 0.717) is 0 Å². The van der Waals surface area contributed by atoms with E-state index in [2.05, 4.69) is 23.9 Å². The summed E-state index contributed by atoms with van der Waals surface area (Å²) in [5.74, 6) is 0.971. The van der Waals surface area contributed by atoms with Gasteiger partial charge in [-0.25, -0.2) is 0 Å². The maximum atomic E-state index is 2.54. The zero-order valence-corrected chi connectivity index (χ0v) is 7.58. The summed E-state index contributed by atoms with van der Waals surface area (Å²) >= 11 is 0. The highest BCUT2D eigenvalue weighted by atomic mass is 15.2. The van der Waals surface area contributed by atoms with Crippen molar-refractivity contribution in [3.8, 4) is 0 Å². The average molecular weight is 154 g/mol. The summed E-state index contributed by atoms with van der Waals surface area (Å²) in [6, 6.07) is 0.869. The predicted molar refractivity (Wildman–Crippen MR) is 46.6 cm³/mol. The number of piperidine rings is 1. The van der Waals surface area contributed by atoms with Crippen molar-refractivity contribution in [3.63, 3.8) is 0 Å². The molecule has 0 spiro atoms. The Balaban J connectivity index is 2.03. The molecule has 2 saturated heterocycles. The molecule has 0 radical (unpaired) electrons. The van der Waals surface area contributed by atoms with Gasteiger partial charge < -0.3 is 9.80 Å². The number of fused-ring (bicyclic) bond motifs is 1. The van der Waals surface area contributed by atoms with Crippen molar-refractivity contribution < 1.29 is 0 Å². The number of likely N-dealkylation sites (N-methyl/N-ethyl adjacent to an activating group) is 2. The molecule has 2 unspecified atom stereocenters. The fraction of sp³-hybridized carbons (Fsp3) is 1.00. The van der Waals surface area contributed by atoms with Crippen LogP contribution in [0.3, 0.4) is 0 Å². The van der Waals surface area contributed by atoms with Crippen molar-refractivity contribution in [2.75, 3.05) is 33.7 Å². The molecule has 2 heterocycles. The molecule has 0 aromatic rings. The van der Waals surface area contributed by atoms with E-state index in [-0.39, 0.29) is 0 Å². The summed E-state index contributed by atoms with van der Waals surface area (Å²) in [7, 11) is 4.52. The Morgan fingerprint density at radius 1 is 1.18 bits per heavy atom. The fourth-order valence-electron chi connectivity index (χ4n) is 2.62. The maximum Gasteiger partial charge on any atom is 0.0260 e. The molecule has 11 heavy (non-hydrogen) atoms. The van der Waals surface area contributed by atoms with Gasteiger partial charge in [0.25, 0.3) is 0 Å². The van der Waals surface area contributed by atoms with Crippen molar-refractivity contribution in [3.05, 3.63) is 0 Å². The molecule has 0 aromatic heterocycles. The SMILES string of the molecule is CN1CC2CCCN(C)C2C1. The minimum atomic E-state index is 0.869. The van der Waals surface area contributed by atoms with Crippen LogP contribution in [0.1, 0.15) is 12.8 Å². The van der Waals surface area contributed by atoms with Gasteiger partial charge in [-0.3, -0.25) is 0 Å². The molecular formula is C9H18N2. The molecule has 2 aliphatic rings. The van der Waals surface area contributed by atoms with Crippen molar-refractivity contribution in [2.45, 2.75) is 18.9 Å². The largest absolute Gasteiger partial charge is 0.304 e. The highest BCUT2D eigenvalue weighted by Crippen LogP contribution is 2.28. The zero-order chi connectivity index (χ0) is 7.84. The molecule has 2 rings (SSSR count). The van der Waals surface area contributed by atoms with E-state index < -0.39 is 0 Å². The first-order chi connectivity index (χ1) is 5.27. The Hall–Kier alpha value is -0.0800. The highest BCUT2D eigenvalue weighted by molar-refractivity contribution is 4.91. The van der Waals surface area contributed by atoms with Gasteiger partial charge in [-0.2, -0.15) is 0 Å². The van der Waals surface area contributed by atoms with Crippen LogP contribution in [0.15, 0.2) is 0 Å². The van der Waals surface area contributed by atoms with E-state index in [9.17, 15) is 0 Å². The molecule has 0 aliphatic carbocycles.